The molecule has 1 aromatic heterocycles. The van der Waals surface area contributed by atoms with Gasteiger partial charge in [0.05, 0.1) is 0 Å². The molecule has 128 valence electrons. The third-order valence-corrected chi connectivity index (χ3v) is 4.02. The molecule has 1 N–H and O–H groups in total. The average molecular weight is 337 g/mol. The summed E-state index contributed by atoms with van der Waals surface area (Å²) in [7, 11) is 0. The third-order valence-electron chi connectivity index (χ3n) is 4.02. The lowest BCUT2D eigenvalue weighted by Gasteiger charge is -2.13. The molecule has 1 amide bonds. The maximum absolute atomic E-state index is 12.2. The fourth-order valence-electron chi connectivity index (χ4n) is 2.65. The number of halogens is 3. The minimum atomic E-state index is -4.84. The molecular formula is C17H18F3N3O. The van der Waals surface area contributed by atoms with Gasteiger partial charge >= 0.3 is 12.1 Å². The molecular weight excluding hydrogens is 319 g/mol. The van der Waals surface area contributed by atoms with Gasteiger partial charge in [0.15, 0.2) is 0 Å². The van der Waals surface area contributed by atoms with Gasteiger partial charge in [0, 0.05) is 37.3 Å². The smallest absolute Gasteiger partial charge is 0.348 e. The van der Waals surface area contributed by atoms with Crippen LogP contribution in [-0.4, -0.2) is 28.2 Å². The molecule has 4 nitrogen and oxygen atoms in total. The molecule has 1 aliphatic carbocycles. The van der Waals surface area contributed by atoms with Gasteiger partial charge in [-0.2, -0.15) is 13.2 Å². The predicted octanol–water partition coefficient (Wildman–Crippen LogP) is 3.03. The summed E-state index contributed by atoms with van der Waals surface area (Å²) in [5.41, 5.74) is 1.95. The van der Waals surface area contributed by atoms with Crippen LogP contribution in [-0.2, 0) is 17.8 Å². The van der Waals surface area contributed by atoms with E-state index in [0.717, 1.165) is 29.9 Å². The first-order valence-electron chi connectivity index (χ1n) is 7.88. The summed E-state index contributed by atoms with van der Waals surface area (Å²) < 4.78 is 38.8. The van der Waals surface area contributed by atoms with Gasteiger partial charge in [-0.05, 0) is 18.4 Å². The summed E-state index contributed by atoms with van der Waals surface area (Å²) >= 11 is 0. The second-order valence-corrected chi connectivity index (χ2v) is 5.96. The highest BCUT2D eigenvalue weighted by Gasteiger charge is 2.38. The van der Waals surface area contributed by atoms with Gasteiger partial charge in [0.1, 0.15) is 5.82 Å². The normalized spacial score (nSPS) is 14.6. The van der Waals surface area contributed by atoms with Crippen LogP contribution < -0.4 is 5.32 Å². The Hall–Kier alpha value is -2.31. The van der Waals surface area contributed by atoms with Crippen molar-refractivity contribution in [1.82, 2.24) is 14.9 Å². The zero-order chi connectivity index (χ0) is 17.2. The molecule has 0 atom stereocenters. The number of hydrogen-bond donors (Lipinski definition) is 1. The Balaban J connectivity index is 1.70. The first-order valence-corrected chi connectivity index (χ1v) is 7.88. The summed E-state index contributed by atoms with van der Waals surface area (Å²) in [6.07, 6.45) is -0.639. The number of alkyl halides is 3. The fourth-order valence-corrected chi connectivity index (χ4v) is 2.65. The molecule has 3 rings (SSSR count). The minimum Gasteiger partial charge on any atom is -0.348 e. The first kappa shape index (κ1) is 16.5. The quantitative estimate of drug-likeness (QED) is 0.881. The van der Waals surface area contributed by atoms with Crippen molar-refractivity contribution in [2.45, 2.75) is 37.9 Å². The van der Waals surface area contributed by atoms with E-state index in [-0.39, 0.29) is 6.54 Å². The standard InChI is InChI=1S/C17H18F3N3O/c18-17(19,20)16(24)21-9-8-14-10-22-15(13-6-7-13)23(14)11-12-4-2-1-3-5-12/h1-5,10,13H,6-9,11H2,(H,21,24). The molecule has 24 heavy (non-hydrogen) atoms. The Morgan fingerprint density at radius 3 is 2.58 bits per heavy atom. The largest absolute Gasteiger partial charge is 0.471 e. The van der Waals surface area contributed by atoms with E-state index < -0.39 is 12.1 Å². The van der Waals surface area contributed by atoms with Crippen LogP contribution >= 0.6 is 0 Å². The lowest BCUT2D eigenvalue weighted by atomic mass is 10.2. The number of benzene rings is 1. The van der Waals surface area contributed by atoms with Crippen molar-refractivity contribution in [2.24, 2.45) is 0 Å². The maximum Gasteiger partial charge on any atom is 0.471 e. The van der Waals surface area contributed by atoms with E-state index in [1.165, 1.54) is 0 Å². The number of hydrogen-bond acceptors (Lipinski definition) is 2. The van der Waals surface area contributed by atoms with Crippen molar-refractivity contribution in [3.63, 3.8) is 0 Å². The Kier molecular flexibility index (Phi) is 4.59. The van der Waals surface area contributed by atoms with E-state index in [9.17, 15) is 18.0 Å². The van der Waals surface area contributed by atoms with E-state index in [1.54, 1.807) is 6.20 Å². The topological polar surface area (TPSA) is 46.9 Å². The fraction of sp³-hybridized carbons (Fsp3) is 0.412. The molecule has 0 aliphatic heterocycles. The molecule has 1 saturated carbocycles. The van der Waals surface area contributed by atoms with Crippen molar-refractivity contribution in [3.8, 4) is 0 Å². The number of nitrogens with zero attached hydrogens (tertiary/aromatic N) is 2. The molecule has 1 aliphatic rings. The van der Waals surface area contributed by atoms with Crippen molar-refractivity contribution < 1.29 is 18.0 Å². The van der Waals surface area contributed by atoms with Crippen LogP contribution in [0.25, 0.3) is 0 Å². The van der Waals surface area contributed by atoms with E-state index in [2.05, 4.69) is 9.55 Å². The average Bonchev–Trinajstić information content (AvgIpc) is 3.31. The van der Waals surface area contributed by atoms with Crippen LogP contribution in [0.2, 0.25) is 0 Å². The van der Waals surface area contributed by atoms with Gasteiger partial charge in [0.2, 0.25) is 0 Å². The Bertz CT molecular complexity index is 706. The van der Waals surface area contributed by atoms with Crippen molar-refractivity contribution in [1.29, 1.82) is 0 Å². The molecule has 0 spiro atoms. The van der Waals surface area contributed by atoms with Gasteiger partial charge in [-0.25, -0.2) is 4.98 Å². The Morgan fingerprint density at radius 1 is 1.25 bits per heavy atom. The van der Waals surface area contributed by atoms with Gasteiger partial charge in [-0.15, -0.1) is 0 Å². The predicted molar refractivity (Wildman–Crippen MR) is 82.5 cm³/mol. The molecule has 1 fully saturated rings. The van der Waals surface area contributed by atoms with Crippen LogP contribution in [0.3, 0.4) is 0 Å². The maximum atomic E-state index is 12.2. The van der Waals surface area contributed by atoms with Crippen LogP contribution in [0.4, 0.5) is 13.2 Å². The summed E-state index contributed by atoms with van der Waals surface area (Å²) in [4.78, 5) is 15.3. The van der Waals surface area contributed by atoms with Gasteiger partial charge in [0.25, 0.3) is 0 Å². The number of imidazole rings is 1. The van der Waals surface area contributed by atoms with Crippen molar-refractivity contribution in [2.75, 3.05) is 6.54 Å². The van der Waals surface area contributed by atoms with Crippen LogP contribution in [0.1, 0.15) is 35.8 Å². The summed E-state index contributed by atoms with van der Waals surface area (Å²) in [5, 5.41) is 1.91. The third kappa shape index (κ3) is 3.96. The lowest BCUT2D eigenvalue weighted by Crippen LogP contribution is -2.37. The Morgan fingerprint density at radius 2 is 1.96 bits per heavy atom. The second kappa shape index (κ2) is 6.67. The zero-order valence-corrected chi connectivity index (χ0v) is 13.0. The number of nitrogens with one attached hydrogen (secondary N) is 1. The number of aromatic nitrogens is 2. The highest BCUT2D eigenvalue weighted by molar-refractivity contribution is 5.81. The van der Waals surface area contributed by atoms with Crippen molar-refractivity contribution >= 4 is 5.91 Å². The summed E-state index contributed by atoms with van der Waals surface area (Å²) in [6, 6.07) is 9.85. The van der Waals surface area contributed by atoms with E-state index in [4.69, 9.17) is 0 Å². The monoisotopic (exact) mass is 337 g/mol. The molecule has 0 radical (unpaired) electrons. The highest BCUT2D eigenvalue weighted by Crippen LogP contribution is 2.39. The SMILES string of the molecule is O=C(NCCc1cnc(C2CC2)n1Cc1ccccc1)C(F)(F)F. The number of amides is 1. The van der Waals surface area contributed by atoms with E-state index in [1.807, 2.05) is 35.6 Å². The Labute approximate surface area is 137 Å². The second-order valence-electron chi connectivity index (χ2n) is 5.96. The number of carbonyl (C=O) groups excluding carboxylic acids is 1. The molecule has 0 unspecified atom stereocenters. The van der Waals surface area contributed by atoms with Crippen molar-refractivity contribution in [3.05, 3.63) is 53.6 Å². The minimum absolute atomic E-state index is 0.0665. The van der Waals surface area contributed by atoms with Crippen LogP contribution in [0, 0.1) is 0 Å². The lowest BCUT2D eigenvalue weighted by molar-refractivity contribution is -0.173. The highest BCUT2D eigenvalue weighted by atomic mass is 19.4. The summed E-state index contributed by atoms with van der Waals surface area (Å²) in [5.74, 6) is -0.484. The molecule has 1 aromatic carbocycles. The molecule has 0 saturated heterocycles. The van der Waals surface area contributed by atoms with Crippen LogP contribution in [0.5, 0.6) is 0 Å². The molecule has 7 heteroatoms. The first-order chi connectivity index (χ1) is 11.4. The number of rotatable bonds is 6. The zero-order valence-electron chi connectivity index (χ0n) is 13.0. The molecule has 1 heterocycles. The molecule has 2 aromatic rings. The van der Waals surface area contributed by atoms with E-state index >= 15 is 0 Å². The summed E-state index contributed by atoms with van der Waals surface area (Å²) in [6.45, 7) is 0.568. The van der Waals surface area contributed by atoms with Crippen LogP contribution in [0.15, 0.2) is 36.5 Å². The van der Waals surface area contributed by atoms with E-state index in [0.29, 0.717) is 18.9 Å². The molecule has 0 bridgehead atoms. The number of carbonyl (C=O) groups is 1. The van der Waals surface area contributed by atoms with Gasteiger partial charge < -0.3 is 9.88 Å². The van der Waals surface area contributed by atoms with Gasteiger partial charge in [-0.3, -0.25) is 4.79 Å². The van der Waals surface area contributed by atoms with Gasteiger partial charge in [-0.1, -0.05) is 30.3 Å².